The SMILES string of the molecule is COc1ccc2oc(C)c(C(C)N)c2c1.Cl. The number of aryl methyl sites for hydroxylation is 1. The molecule has 0 fully saturated rings. The van der Waals surface area contributed by atoms with E-state index in [4.69, 9.17) is 14.9 Å². The number of halogens is 1. The highest BCUT2D eigenvalue weighted by atomic mass is 35.5. The molecule has 0 aliphatic carbocycles. The fourth-order valence-electron chi connectivity index (χ4n) is 1.91. The molecule has 2 rings (SSSR count). The van der Waals surface area contributed by atoms with E-state index in [1.165, 1.54) is 0 Å². The molecule has 0 amide bonds. The zero-order chi connectivity index (χ0) is 11.0. The van der Waals surface area contributed by atoms with Crippen molar-refractivity contribution in [2.45, 2.75) is 19.9 Å². The van der Waals surface area contributed by atoms with Gasteiger partial charge < -0.3 is 14.9 Å². The monoisotopic (exact) mass is 241 g/mol. The van der Waals surface area contributed by atoms with Crippen LogP contribution < -0.4 is 10.5 Å². The summed E-state index contributed by atoms with van der Waals surface area (Å²) < 4.78 is 10.8. The molecule has 1 atom stereocenters. The molecule has 3 nitrogen and oxygen atoms in total. The molecule has 16 heavy (non-hydrogen) atoms. The third kappa shape index (κ3) is 2.01. The number of ether oxygens (including phenoxy) is 1. The molecule has 1 heterocycles. The van der Waals surface area contributed by atoms with E-state index < -0.39 is 0 Å². The van der Waals surface area contributed by atoms with E-state index in [-0.39, 0.29) is 18.4 Å². The lowest BCUT2D eigenvalue weighted by Gasteiger charge is -2.04. The van der Waals surface area contributed by atoms with Gasteiger partial charge in [0.05, 0.1) is 7.11 Å². The predicted octanol–water partition coefficient (Wildman–Crippen LogP) is 3.19. The van der Waals surface area contributed by atoms with Crippen LogP contribution in [0.2, 0.25) is 0 Å². The summed E-state index contributed by atoms with van der Waals surface area (Å²) in [6.45, 7) is 3.89. The number of hydrogen-bond donors (Lipinski definition) is 1. The molecule has 88 valence electrons. The Bertz CT molecular complexity index is 491. The molecule has 1 aromatic carbocycles. The van der Waals surface area contributed by atoms with Crippen LogP contribution in [0.25, 0.3) is 11.0 Å². The van der Waals surface area contributed by atoms with Crippen LogP contribution in [0.1, 0.15) is 24.3 Å². The molecule has 0 aliphatic rings. The van der Waals surface area contributed by atoms with Gasteiger partial charge in [-0.05, 0) is 32.0 Å². The van der Waals surface area contributed by atoms with Crippen molar-refractivity contribution in [3.8, 4) is 5.75 Å². The van der Waals surface area contributed by atoms with E-state index in [0.29, 0.717) is 0 Å². The van der Waals surface area contributed by atoms with Crippen molar-refractivity contribution >= 4 is 23.4 Å². The number of benzene rings is 1. The van der Waals surface area contributed by atoms with E-state index >= 15 is 0 Å². The molecule has 0 aliphatic heterocycles. The highest BCUT2D eigenvalue weighted by Gasteiger charge is 2.14. The van der Waals surface area contributed by atoms with Crippen LogP contribution in [-0.2, 0) is 0 Å². The van der Waals surface area contributed by atoms with Crippen molar-refractivity contribution in [1.82, 2.24) is 0 Å². The number of fused-ring (bicyclic) bond motifs is 1. The predicted molar refractivity (Wildman–Crippen MR) is 67.4 cm³/mol. The third-order valence-electron chi connectivity index (χ3n) is 2.57. The Morgan fingerprint density at radius 1 is 1.38 bits per heavy atom. The van der Waals surface area contributed by atoms with Gasteiger partial charge in [0.2, 0.25) is 0 Å². The van der Waals surface area contributed by atoms with Crippen LogP contribution in [0.4, 0.5) is 0 Å². The van der Waals surface area contributed by atoms with Gasteiger partial charge in [-0.15, -0.1) is 12.4 Å². The molecule has 0 saturated carbocycles. The quantitative estimate of drug-likeness (QED) is 0.879. The highest BCUT2D eigenvalue weighted by Crippen LogP contribution is 2.31. The van der Waals surface area contributed by atoms with E-state index in [1.807, 2.05) is 32.0 Å². The van der Waals surface area contributed by atoms with E-state index in [1.54, 1.807) is 7.11 Å². The molecule has 0 bridgehead atoms. The number of furan rings is 1. The maximum absolute atomic E-state index is 5.92. The first-order valence-corrected chi connectivity index (χ1v) is 4.96. The molecule has 2 aromatic rings. The van der Waals surface area contributed by atoms with Crippen LogP contribution >= 0.6 is 12.4 Å². The minimum atomic E-state index is -0.0293. The standard InChI is InChI=1S/C12H15NO2.ClH/c1-7(13)12-8(2)15-11-5-4-9(14-3)6-10(11)12;/h4-7H,13H2,1-3H3;1H. The second-order valence-electron chi connectivity index (χ2n) is 3.72. The average Bonchev–Trinajstić information content (AvgIpc) is 2.52. The minimum absolute atomic E-state index is 0. The van der Waals surface area contributed by atoms with Crippen molar-refractivity contribution < 1.29 is 9.15 Å². The van der Waals surface area contributed by atoms with Gasteiger partial charge in [-0.25, -0.2) is 0 Å². The fourth-order valence-corrected chi connectivity index (χ4v) is 1.91. The fraction of sp³-hybridized carbons (Fsp3) is 0.333. The first kappa shape index (κ1) is 12.9. The zero-order valence-corrected chi connectivity index (χ0v) is 10.4. The topological polar surface area (TPSA) is 48.4 Å². The second kappa shape index (κ2) is 4.76. The van der Waals surface area contributed by atoms with Gasteiger partial charge in [0.1, 0.15) is 17.1 Å². The van der Waals surface area contributed by atoms with Gasteiger partial charge >= 0.3 is 0 Å². The summed E-state index contributed by atoms with van der Waals surface area (Å²) in [5.74, 6) is 1.71. The summed E-state index contributed by atoms with van der Waals surface area (Å²) >= 11 is 0. The Morgan fingerprint density at radius 2 is 2.06 bits per heavy atom. The lowest BCUT2D eigenvalue weighted by molar-refractivity contribution is 0.415. The molecule has 0 spiro atoms. The van der Waals surface area contributed by atoms with Gasteiger partial charge in [-0.1, -0.05) is 0 Å². The Kier molecular flexibility index (Phi) is 3.83. The molecule has 0 saturated heterocycles. The Hall–Kier alpha value is -1.19. The molecule has 1 unspecified atom stereocenters. The summed E-state index contributed by atoms with van der Waals surface area (Å²) in [6, 6.07) is 5.73. The first-order valence-electron chi connectivity index (χ1n) is 4.96. The Morgan fingerprint density at radius 3 is 2.62 bits per heavy atom. The van der Waals surface area contributed by atoms with Crippen LogP contribution in [0.3, 0.4) is 0 Å². The Labute approximate surface area is 101 Å². The lowest BCUT2D eigenvalue weighted by Crippen LogP contribution is -2.05. The van der Waals surface area contributed by atoms with E-state index in [0.717, 1.165) is 28.0 Å². The van der Waals surface area contributed by atoms with Crippen LogP contribution in [0, 0.1) is 6.92 Å². The molecule has 0 radical (unpaired) electrons. The van der Waals surface area contributed by atoms with Crippen LogP contribution in [-0.4, -0.2) is 7.11 Å². The second-order valence-corrected chi connectivity index (χ2v) is 3.72. The smallest absolute Gasteiger partial charge is 0.134 e. The molecule has 4 heteroatoms. The highest BCUT2D eigenvalue weighted by molar-refractivity contribution is 5.85. The first-order chi connectivity index (χ1) is 7.13. The van der Waals surface area contributed by atoms with Crippen molar-refractivity contribution in [3.63, 3.8) is 0 Å². The largest absolute Gasteiger partial charge is 0.497 e. The summed E-state index contributed by atoms with van der Waals surface area (Å²) in [4.78, 5) is 0. The minimum Gasteiger partial charge on any atom is -0.497 e. The van der Waals surface area contributed by atoms with E-state index in [2.05, 4.69) is 0 Å². The number of nitrogens with two attached hydrogens (primary N) is 1. The summed E-state index contributed by atoms with van der Waals surface area (Å²) in [6.07, 6.45) is 0. The Balaban J connectivity index is 0.00000128. The van der Waals surface area contributed by atoms with Crippen LogP contribution in [0.15, 0.2) is 22.6 Å². The molecule has 2 N–H and O–H groups in total. The van der Waals surface area contributed by atoms with Crippen molar-refractivity contribution in [1.29, 1.82) is 0 Å². The number of rotatable bonds is 2. The lowest BCUT2D eigenvalue weighted by atomic mass is 10.1. The number of hydrogen-bond acceptors (Lipinski definition) is 3. The third-order valence-corrected chi connectivity index (χ3v) is 2.57. The number of methoxy groups -OCH3 is 1. The summed E-state index contributed by atoms with van der Waals surface area (Å²) in [5, 5.41) is 1.04. The van der Waals surface area contributed by atoms with Gasteiger partial charge in [0.25, 0.3) is 0 Å². The van der Waals surface area contributed by atoms with Gasteiger partial charge in [0, 0.05) is 17.0 Å². The molecule has 1 aromatic heterocycles. The maximum atomic E-state index is 5.92. The summed E-state index contributed by atoms with van der Waals surface area (Å²) in [7, 11) is 1.65. The molecular weight excluding hydrogens is 226 g/mol. The van der Waals surface area contributed by atoms with Gasteiger partial charge in [0.15, 0.2) is 0 Å². The van der Waals surface area contributed by atoms with Crippen LogP contribution in [0.5, 0.6) is 5.75 Å². The van der Waals surface area contributed by atoms with Crippen molar-refractivity contribution in [2.75, 3.05) is 7.11 Å². The summed E-state index contributed by atoms with van der Waals surface area (Å²) in [5.41, 5.74) is 7.84. The van der Waals surface area contributed by atoms with Gasteiger partial charge in [-0.3, -0.25) is 0 Å². The van der Waals surface area contributed by atoms with Crippen molar-refractivity contribution in [2.24, 2.45) is 5.73 Å². The zero-order valence-electron chi connectivity index (χ0n) is 9.61. The van der Waals surface area contributed by atoms with Crippen molar-refractivity contribution in [3.05, 3.63) is 29.5 Å². The van der Waals surface area contributed by atoms with E-state index in [9.17, 15) is 0 Å². The van der Waals surface area contributed by atoms with Gasteiger partial charge in [-0.2, -0.15) is 0 Å². The maximum Gasteiger partial charge on any atom is 0.134 e. The normalized spacial score (nSPS) is 12.2. The molecular formula is C12H16ClNO2. The average molecular weight is 242 g/mol.